The van der Waals surface area contributed by atoms with Crippen molar-refractivity contribution in [3.63, 3.8) is 0 Å². The predicted octanol–water partition coefficient (Wildman–Crippen LogP) is 0.371. The van der Waals surface area contributed by atoms with E-state index in [0.29, 0.717) is 5.75 Å². The van der Waals surface area contributed by atoms with E-state index in [0.717, 1.165) is 0 Å². The van der Waals surface area contributed by atoms with E-state index in [-0.39, 0.29) is 10.5 Å². The summed E-state index contributed by atoms with van der Waals surface area (Å²) in [7, 11) is -2.56. The predicted molar refractivity (Wildman–Crippen MR) is 75.8 cm³/mol. The second kappa shape index (κ2) is 6.42. The van der Waals surface area contributed by atoms with Gasteiger partial charge in [-0.05, 0) is 37.6 Å². The van der Waals surface area contributed by atoms with Crippen molar-refractivity contribution >= 4 is 16.0 Å². The summed E-state index contributed by atoms with van der Waals surface area (Å²) in [5, 5.41) is 18.1. The van der Waals surface area contributed by atoms with Crippen molar-refractivity contribution in [2.45, 2.75) is 30.7 Å². The fourth-order valence-electron chi connectivity index (χ4n) is 1.70. The lowest BCUT2D eigenvalue weighted by molar-refractivity contribution is -0.136. The van der Waals surface area contributed by atoms with Crippen LogP contribution in [-0.2, 0) is 21.2 Å². The van der Waals surface area contributed by atoms with E-state index < -0.39 is 34.6 Å². The minimum absolute atomic E-state index is 0.114. The Labute approximate surface area is 123 Å². The smallest absolute Gasteiger partial charge is 0.307 e. The Morgan fingerprint density at radius 1 is 1.38 bits per heavy atom. The number of carbonyl (C=O) groups is 1. The first-order valence-electron chi connectivity index (χ1n) is 6.15. The largest absolute Gasteiger partial charge is 0.497 e. The van der Waals surface area contributed by atoms with E-state index in [4.69, 9.17) is 14.9 Å². The Morgan fingerprint density at radius 2 is 2.00 bits per heavy atom. The zero-order chi connectivity index (χ0) is 16.3. The maximum atomic E-state index is 12.4. The molecule has 0 unspecified atom stereocenters. The van der Waals surface area contributed by atoms with Gasteiger partial charge in [-0.1, -0.05) is 0 Å². The van der Waals surface area contributed by atoms with Gasteiger partial charge in [-0.2, -0.15) is 0 Å². The number of aliphatic hydroxyl groups is 1. The first-order valence-corrected chi connectivity index (χ1v) is 7.63. The molecule has 0 radical (unpaired) electrons. The molecule has 0 spiro atoms. The SMILES string of the molecule is COc1ccc(S(=O)(=O)NC(C)(C)CO)c(CC(=O)O)c1. The monoisotopic (exact) mass is 317 g/mol. The van der Waals surface area contributed by atoms with Gasteiger partial charge in [-0.3, -0.25) is 4.79 Å². The van der Waals surface area contributed by atoms with Crippen LogP contribution in [0.3, 0.4) is 0 Å². The molecule has 0 aliphatic heterocycles. The molecule has 0 atom stereocenters. The second-order valence-corrected chi connectivity index (χ2v) is 6.84. The lowest BCUT2D eigenvalue weighted by Gasteiger charge is -2.24. The minimum Gasteiger partial charge on any atom is -0.497 e. The molecule has 0 heterocycles. The molecule has 0 fully saturated rings. The summed E-state index contributed by atoms with van der Waals surface area (Å²) in [4.78, 5) is 10.7. The van der Waals surface area contributed by atoms with Crippen LogP contribution in [0, 0.1) is 0 Å². The van der Waals surface area contributed by atoms with Gasteiger partial charge < -0.3 is 14.9 Å². The number of nitrogens with one attached hydrogen (secondary N) is 1. The first kappa shape index (κ1) is 17.4. The molecule has 0 amide bonds. The number of sulfonamides is 1. The highest BCUT2D eigenvalue weighted by Crippen LogP contribution is 2.23. The van der Waals surface area contributed by atoms with Crippen LogP contribution in [0.1, 0.15) is 19.4 Å². The molecule has 0 bridgehead atoms. The van der Waals surface area contributed by atoms with E-state index in [2.05, 4.69) is 4.72 Å². The Morgan fingerprint density at radius 3 is 2.48 bits per heavy atom. The maximum Gasteiger partial charge on any atom is 0.307 e. The molecular formula is C13H19NO6S. The van der Waals surface area contributed by atoms with Crippen LogP contribution < -0.4 is 9.46 Å². The summed E-state index contributed by atoms with van der Waals surface area (Å²) in [6, 6.07) is 4.09. The fourth-order valence-corrected chi connectivity index (χ4v) is 3.32. The van der Waals surface area contributed by atoms with Crippen LogP contribution in [-0.4, -0.2) is 43.9 Å². The third kappa shape index (κ3) is 4.69. The highest BCUT2D eigenvalue weighted by molar-refractivity contribution is 7.89. The molecular weight excluding hydrogens is 298 g/mol. The summed E-state index contributed by atoms with van der Waals surface area (Å²) in [5.74, 6) is -0.785. The van der Waals surface area contributed by atoms with Gasteiger partial charge in [0, 0.05) is 0 Å². The van der Waals surface area contributed by atoms with Gasteiger partial charge in [-0.15, -0.1) is 0 Å². The Balaban J connectivity index is 3.30. The van der Waals surface area contributed by atoms with Gasteiger partial charge in [0.15, 0.2) is 0 Å². The highest BCUT2D eigenvalue weighted by Gasteiger charge is 2.28. The van der Waals surface area contributed by atoms with Crippen LogP contribution in [0.5, 0.6) is 5.75 Å². The molecule has 0 aliphatic carbocycles. The van der Waals surface area contributed by atoms with Gasteiger partial charge in [0.25, 0.3) is 0 Å². The number of carboxylic acids is 1. The molecule has 8 heteroatoms. The molecule has 0 saturated heterocycles. The number of benzene rings is 1. The topological polar surface area (TPSA) is 113 Å². The number of rotatable bonds is 7. The van der Waals surface area contributed by atoms with Crippen molar-refractivity contribution < 1.29 is 28.2 Å². The van der Waals surface area contributed by atoms with Crippen molar-refractivity contribution in [3.8, 4) is 5.75 Å². The third-order valence-electron chi connectivity index (χ3n) is 2.70. The van der Waals surface area contributed by atoms with E-state index in [1.54, 1.807) is 0 Å². The lowest BCUT2D eigenvalue weighted by atomic mass is 10.1. The maximum absolute atomic E-state index is 12.4. The number of aliphatic hydroxyl groups excluding tert-OH is 1. The van der Waals surface area contributed by atoms with Gasteiger partial charge in [0.1, 0.15) is 5.75 Å². The lowest BCUT2D eigenvalue weighted by Crippen LogP contribution is -2.46. The van der Waals surface area contributed by atoms with Gasteiger partial charge in [0.05, 0.1) is 30.6 Å². The van der Waals surface area contributed by atoms with Crippen LogP contribution in [0.2, 0.25) is 0 Å². The van der Waals surface area contributed by atoms with Crippen molar-refractivity contribution in [3.05, 3.63) is 23.8 Å². The summed E-state index contributed by atoms with van der Waals surface area (Å²) < 4.78 is 32.0. The molecule has 7 nitrogen and oxygen atoms in total. The van der Waals surface area contributed by atoms with E-state index in [1.807, 2.05) is 0 Å². The Kier molecular flexibility index (Phi) is 5.32. The number of hydrogen-bond donors (Lipinski definition) is 3. The van der Waals surface area contributed by atoms with E-state index >= 15 is 0 Å². The quantitative estimate of drug-likeness (QED) is 0.670. The van der Waals surface area contributed by atoms with E-state index in [1.165, 1.54) is 39.2 Å². The van der Waals surface area contributed by atoms with Crippen LogP contribution in [0.15, 0.2) is 23.1 Å². The van der Waals surface area contributed by atoms with E-state index in [9.17, 15) is 13.2 Å². The molecule has 0 saturated carbocycles. The number of aliphatic carboxylic acids is 1. The normalized spacial score (nSPS) is 12.2. The summed E-state index contributed by atoms with van der Waals surface area (Å²) in [6.45, 7) is 2.65. The highest BCUT2D eigenvalue weighted by atomic mass is 32.2. The number of methoxy groups -OCH3 is 1. The van der Waals surface area contributed by atoms with Crippen LogP contribution in [0.4, 0.5) is 0 Å². The van der Waals surface area contributed by atoms with Crippen molar-refractivity contribution in [1.29, 1.82) is 0 Å². The zero-order valence-corrected chi connectivity index (χ0v) is 12.9. The third-order valence-corrected chi connectivity index (χ3v) is 4.50. The summed E-state index contributed by atoms with van der Waals surface area (Å²) in [5.41, 5.74) is -0.942. The van der Waals surface area contributed by atoms with Crippen molar-refractivity contribution in [1.82, 2.24) is 4.72 Å². The minimum atomic E-state index is -3.96. The Bertz CT molecular complexity index is 624. The fraction of sp³-hybridized carbons (Fsp3) is 0.462. The average Bonchev–Trinajstić information content (AvgIpc) is 2.36. The van der Waals surface area contributed by atoms with Crippen molar-refractivity contribution in [2.24, 2.45) is 0 Å². The molecule has 118 valence electrons. The molecule has 1 aromatic rings. The molecule has 1 aromatic carbocycles. The molecule has 0 aliphatic rings. The van der Waals surface area contributed by atoms with Gasteiger partial charge in [0.2, 0.25) is 10.0 Å². The molecule has 1 rings (SSSR count). The molecule has 21 heavy (non-hydrogen) atoms. The number of ether oxygens (including phenoxy) is 1. The summed E-state index contributed by atoms with van der Waals surface area (Å²) >= 11 is 0. The van der Waals surface area contributed by atoms with Gasteiger partial charge >= 0.3 is 5.97 Å². The standard InChI is InChI=1S/C13H19NO6S/c1-13(2,8-15)14-21(18,19)11-5-4-10(20-3)6-9(11)7-12(16)17/h4-6,14-15H,7-8H2,1-3H3,(H,16,17). The number of carboxylic acid groups (broad SMARTS) is 1. The van der Waals surface area contributed by atoms with Crippen molar-refractivity contribution in [2.75, 3.05) is 13.7 Å². The van der Waals surface area contributed by atoms with Crippen LogP contribution in [0.25, 0.3) is 0 Å². The zero-order valence-electron chi connectivity index (χ0n) is 12.1. The summed E-state index contributed by atoms with van der Waals surface area (Å²) in [6.07, 6.45) is -0.451. The second-order valence-electron chi connectivity index (χ2n) is 5.19. The molecule has 0 aromatic heterocycles. The first-order chi connectivity index (χ1) is 9.61. The van der Waals surface area contributed by atoms with Crippen LogP contribution >= 0.6 is 0 Å². The Hall–Kier alpha value is -1.64. The molecule has 3 N–H and O–H groups in total. The van der Waals surface area contributed by atoms with Gasteiger partial charge in [-0.25, -0.2) is 13.1 Å². The average molecular weight is 317 g/mol. The number of hydrogen-bond acceptors (Lipinski definition) is 5.